The molecule has 2 N–H and O–H groups in total. The van der Waals surface area contributed by atoms with Gasteiger partial charge in [0.2, 0.25) is 5.91 Å². The summed E-state index contributed by atoms with van der Waals surface area (Å²) in [6, 6.07) is 8.05. The number of amides is 1. The molecule has 142 valence electrons. The van der Waals surface area contributed by atoms with E-state index in [2.05, 4.69) is 10.3 Å². The number of carbonyl (C=O) groups is 1. The van der Waals surface area contributed by atoms with Crippen molar-refractivity contribution in [3.63, 3.8) is 0 Å². The number of alkyl halides is 3. The molecule has 2 aliphatic rings. The molecule has 2 aromatic rings. The summed E-state index contributed by atoms with van der Waals surface area (Å²) in [5, 5.41) is 12.7. The average molecular weight is 378 g/mol. The molecular weight excluding hydrogens is 361 g/mol. The van der Waals surface area contributed by atoms with Gasteiger partial charge >= 0.3 is 6.18 Å². The number of pyridine rings is 1. The molecule has 4 rings (SSSR count). The number of aliphatic hydroxyl groups is 1. The lowest BCUT2D eigenvalue weighted by molar-refractivity contribution is -0.137. The molecule has 0 aliphatic carbocycles. The molecule has 5 atom stereocenters. The van der Waals surface area contributed by atoms with Crippen molar-refractivity contribution in [1.29, 1.82) is 0 Å². The highest BCUT2D eigenvalue weighted by atomic mass is 19.4. The second-order valence-electron chi connectivity index (χ2n) is 6.84. The molecule has 8 heteroatoms. The van der Waals surface area contributed by atoms with E-state index in [1.807, 2.05) is 0 Å². The third-order valence-electron chi connectivity index (χ3n) is 5.18. The van der Waals surface area contributed by atoms with Crippen LogP contribution in [-0.4, -0.2) is 34.3 Å². The Hall–Kier alpha value is -2.45. The molecular formula is C19H17F3N2O3. The van der Waals surface area contributed by atoms with Crippen molar-refractivity contribution >= 4 is 11.6 Å². The first kappa shape index (κ1) is 17.9. The van der Waals surface area contributed by atoms with Gasteiger partial charge in [0.05, 0.1) is 29.8 Å². The quantitative estimate of drug-likeness (QED) is 0.862. The number of nitrogens with zero attached hydrogens (tertiary/aromatic N) is 1. The zero-order valence-electron chi connectivity index (χ0n) is 14.1. The number of aromatic nitrogens is 1. The van der Waals surface area contributed by atoms with Crippen LogP contribution in [0.25, 0.3) is 0 Å². The number of halogens is 3. The van der Waals surface area contributed by atoms with Gasteiger partial charge in [-0.3, -0.25) is 9.78 Å². The number of hydrogen-bond donors (Lipinski definition) is 2. The predicted molar refractivity (Wildman–Crippen MR) is 89.8 cm³/mol. The molecule has 0 saturated carbocycles. The summed E-state index contributed by atoms with van der Waals surface area (Å²) in [6.45, 7) is 0. The van der Waals surface area contributed by atoms with Crippen LogP contribution in [0, 0.1) is 5.92 Å². The van der Waals surface area contributed by atoms with Gasteiger partial charge in [-0.1, -0.05) is 6.07 Å². The maximum absolute atomic E-state index is 12.9. The van der Waals surface area contributed by atoms with Gasteiger partial charge < -0.3 is 15.2 Å². The van der Waals surface area contributed by atoms with Crippen molar-refractivity contribution in [2.75, 3.05) is 5.32 Å². The fourth-order valence-corrected chi connectivity index (χ4v) is 4.03. The summed E-state index contributed by atoms with van der Waals surface area (Å²) in [4.78, 5) is 16.9. The van der Waals surface area contributed by atoms with E-state index in [0.29, 0.717) is 6.42 Å². The Labute approximate surface area is 153 Å². The summed E-state index contributed by atoms with van der Waals surface area (Å²) < 4.78 is 44.5. The van der Waals surface area contributed by atoms with Crippen LogP contribution in [0.3, 0.4) is 0 Å². The van der Waals surface area contributed by atoms with E-state index in [0.717, 1.165) is 17.7 Å². The Morgan fingerprint density at radius 2 is 1.96 bits per heavy atom. The number of carbonyl (C=O) groups excluding carboxylic acids is 1. The predicted octanol–water partition coefficient (Wildman–Crippen LogP) is 2.97. The fourth-order valence-electron chi connectivity index (χ4n) is 4.03. The highest BCUT2D eigenvalue weighted by Gasteiger charge is 2.57. The lowest BCUT2D eigenvalue weighted by Gasteiger charge is -2.30. The van der Waals surface area contributed by atoms with E-state index < -0.39 is 35.8 Å². The highest BCUT2D eigenvalue weighted by Crippen LogP contribution is 2.49. The number of hydrogen-bond acceptors (Lipinski definition) is 4. The van der Waals surface area contributed by atoms with Gasteiger partial charge in [0.15, 0.2) is 0 Å². The van der Waals surface area contributed by atoms with Crippen molar-refractivity contribution in [2.24, 2.45) is 5.92 Å². The maximum atomic E-state index is 12.9. The molecule has 2 fully saturated rings. The largest absolute Gasteiger partial charge is 0.416 e. The molecule has 3 heterocycles. The Kier molecular flexibility index (Phi) is 4.39. The first-order valence-electron chi connectivity index (χ1n) is 8.56. The molecule has 0 radical (unpaired) electrons. The number of ether oxygens (including phenoxy) is 1. The third-order valence-corrected chi connectivity index (χ3v) is 5.18. The van der Waals surface area contributed by atoms with Crippen molar-refractivity contribution in [1.82, 2.24) is 4.98 Å². The lowest BCUT2D eigenvalue weighted by Crippen LogP contribution is -2.42. The molecule has 27 heavy (non-hydrogen) atoms. The summed E-state index contributed by atoms with van der Waals surface area (Å²) in [5.74, 6) is -1.45. The van der Waals surface area contributed by atoms with Crippen LogP contribution in [0.15, 0.2) is 48.8 Å². The van der Waals surface area contributed by atoms with Gasteiger partial charge in [0, 0.05) is 30.4 Å². The normalized spacial score (nSPS) is 29.7. The van der Waals surface area contributed by atoms with Gasteiger partial charge in [0.1, 0.15) is 0 Å². The number of anilines is 1. The van der Waals surface area contributed by atoms with Crippen LogP contribution in [-0.2, 0) is 15.7 Å². The standard InChI is InChI=1S/C19H17F3N2O3/c20-19(21,22)11-2-1-3-12(8-11)24-18(26)16-15(10-4-6-23-7-5-10)14-9-13(25)17(16)27-14/h1-8,13-17,25H,9H2,(H,24,26). The Morgan fingerprint density at radius 3 is 2.67 bits per heavy atom. The van der Waals surface area contributed by atoms with E-state index in [4.69, 9.17) is 4.74 Å². The van der Waals surface area contributed by atoms with Crippen LogP contribution in [0.4, 0.5) is 18.9 Å². The second kappa shape index (κ2) is 6.61. The molecule has 1 aromatic heterocycles. The van der Waals surface area contributed by atoms with Gasteiger partial charge in [-0.15, -0.1) is 0 Å². The van der Waals surface area contributed by atoms with E-state index in [1.54, 1.807) is 24.5 Å². The van der Waals surface area contributed by atoms with Crippen LogP contribution in [0.5, 0.6) is 0 Å². The Bertz CT molecular complexity index is 844. The Morgan fingerprint density at radius 1 is 1.22 bits per heavy atom. The van der Waals surface area contributed by atoms with Crippen LogP contribution in [0.1, 0.15) is 23.5 Å². The Balaban J connectivity index is 1.60. The summed E-state index contributed by atoms with van der Waals surface area (Å²) in [6.07, 6.45) is -2.62. The molecule has 1 amide bonds. The van der Waals surface area contributed by atoms with Gasteiger partial charge in [-0.05, 0) is 35.9 Å². The topological polar surface area (TPSA) is 71.5 Å². The lowest BCUT2D eigenvalue weighted by atomic mass is 9.74. The molecule has 1 aromatic carbocycles. The summed E-state index contributed by atoms with van der Waals surface area (Å²) in [5.41, 5.74) is 0.0735. The third kappa shape index (κ3) is 3.30. The highest BCUT2D eigenvalue weighted by molar-refractivity contribution is 5.94. The van der Waals surface area contributed by atoms with Crippen LogP contribution < -0.4 is 5.32 Å². The first-order chi connectivity index (χ1) is 12.8. The second-order valence-corrected chi connectivity index (χ2v) is 6.84. The van der Waals surface area contributed by atoms with Crippen molar-refractivity contribution in [2.45, 2.75) is 36.8 Å². The molecule has 5 unspecified atom stereocenters. The summed E-state index contributed by atoms with van der Waals surface area (Å²) in [7, 11) is 0. The average Bonchev–Trinajstić information content (AvgIpc) is 3.19. The van der Waals surface area contributed by atoms with Gasteiger partial charge in [0.25, 0.3) is 0 Å². The maximum Gasteiger partial charge on any atom is 0.416 e. The minimum atomic E-state index is -4.49. The number of nitrogens with one attached hydrogen (secondary N) is 1. The molecule has 5 nitrogen and oxygen atoms in total. The first-order valence-corrected chi connectivity index (χ1v) is 8.56. The fraction of sp³-hybridized carbons (Fsp3) is 0.368. The number of fused-ring (bicyclic) bond motifs is 2. The smallest absolute Gasteiger partial charge is 0.390 e. The van der Waals surface area contributed by atoms with E-state index in [-0.39, 0.29) is 17.7 Å². The minimum absolute atomic E-state index is 0.0561. The number of benzene rings is 1. The SMILES string of the molecule is O=C(Nc1cccc(C(F)(F)F)c1)C1C2OC(CC2O)C1c1ccncc1. The van der Waals surface area contributed by atoms with E-state index in [1.165, 1.54) is 12.1 Å². The summed E-state index contributed by atoms with van der Waals surface area (Å²) >= 11 is 0. The zero-order chi connectivity index (χ0) is 19.2. The number of rotatable bonds is 3. The zero-order valence-corrected chi connectivity index (χ0v) is 14.1. The van der Waals surface area contributed by atoms with Gasteiger partial charge in [-0.2, -0.15) is 13.2 Å². The monoisotopic (exact) mass is 378 g/mol. The van der Waals surface area contributed by atoms with Gasteiger partial charge in [-0.25, -0.2) is 0 Å². The van der Waals surface area contributed by atoms with E-state index >= 15 is 0 Å². The van der Waals surface area contributed by atoms with E-state index in [9.17, 15) is 23.1 Å². The van der Waals surface area contributed by atoms with Crippen molar-refractivity contribution < 1.29 is 27.8 Å². The van der Waals surface area contributed by atoms with Crippen LogP contribution >= 0.6 is 0 Å². The van der Waals surface area contributed by atoms with Crippen LogP contribution in [0.2, 0.25) is 0 Å². The molecule has 2 saturated heterocycles. The minimum Gasteiger partial charge on any atom is -0.390 e. The van der Waals surface area contributed by atoms with Crippen molar-refractivity contribution in [3.05, 3.63) is 59.9 Å². The number of aliphatic hydroxyl groups excluding tert-OH is 1. The molecule has 0 spiro atoms. The molecule has 2 bridgehead atoms. The van der Waals surface area contributed by atoms with Crippen molar-refractivity contribution in [3.8, 4) is 0 Å². The molecule has 2 aliphatic heterocycles.